The summed E-state index contributed by atoms with van der Waals surface area (Å²) in [5, 5.41) is 8.97. The molecular formula is C32H38N4O8S. The molecule has 0 aliphatic heterocycles. The summed E-state index contributed by atoms with van der Waals surface area (Å²) in [6.45, 7) is 6.87. The van der Waals surface area contributed by atoms with Gasteiger partial charge in [-0.3, -0.25) is 14.4 Å². The van der Waals surface area contributed by atoms with Gasteiger partial charge < -0.3 is 34.9 Å². The number of carbonyl (C=O) groups excluding carboxylic acids is 3. The molecule has 240 valence electrons. The topological polar surface area (TPSA) is 154 Å². The van der Waals surface area contributed by atoms with Crippen LogP contribution in [0, 0.1) is 0 Å². The van der Waals surface area contributed by atoms with Crippen LogP contribution in [-0.2, 0) is 20.7 Å². The first-order valence-electron chi connectivity index (χ1n) is 14.4. The van der Waals surface area contributed by atoms with Gasteiger partial charge in [0.05, 0.1) is 40.2 Å². The number of hydrogen-bond acceptors (Lipinski definition) is 11. The van der Waals surface area contributed by atoms with E-state index < -0.39 is 24.0 Å². The number of thiazole rings is 1. The molecule has 0 bridgehead atoms. The van der Waals surface area contributed by atoms with Crippen LogP contribution >= 0.6 is 11.3 Å². The molecule has 1 aliphatic rings. The Hall–Kier alpha value is -4.65. The molecule has 0 unspecified atom stereocenters. The average Bonchev–Trinajstić information content (AvgIpc) is 3.30. The van der Waals surface area contributed by atoms with Crippen LogP contribution in [0.5, 0.6) is 17.2 Å². The molecule has 1 heterocycles. The third-order valence-electron chi connectivity index (χ3n) is 7.47. The number of nitrogens with one attached hydrogen (secondary N) is 3. The lowest BCUT2D eigenvalue weighted by Gasteiger charge is -2.19. The van der Waals surface area contributed by atoms with Gasteiger partial charge in [0.15, 0.2) is 22.3 Å². The summed E-state index contributed by atoms with van der Waals surface area (Å²) >= 11 is 1.19. The summed E-state index contributed by atoms with van der Waals surface area (Å²) in [5.41, 5.74) is 2.84. The van der Waals surface area contributed by atoms with E-state index in [1.165, 1.54) is 45.7 Å². The Kier molecular flexibility index (Phi) is 10.3. The first kappa shape index (κ1) is 33.2. The number of anilines is 2. The number of hydrogen-bond donors (Lipinski definition) is 3. The highest BCUT2D eigenvalue weighted by Crippen LogP contribution is 2.50. The molecule has 12 nitrogen and oxygen atoms in total. The van der Waals surface area contributed by atoms with Crippen molar-refractivity contribution >= 4 is 39.9 Å². The van der Waals surface area contributed by atoms with Gasteiger partial charge in [-0.05, 0) is 60.6 Å². The largest absolute Gasteiger partial charge is 0.493 e. The molecule has 0 saturated carbocycles. The minimum Gasteiger partial charge on any atom is -0.493 e. The number of aryl methyl sites for hydroxylation is 1. The Bertz CT molecular complexity index is 1690. The Labute approximate surface area is 265 Å². The molecule has 3 aromatic rings. The number of nitrogens with zero attached hydrogens (tertiary/aromatic N) is 1. The molecule has 13 heteroatoms. The third-order valence-corrected chi connectivity index (χ3v) is 8.74. The van der Waals surface area contributed by atoms with E-state index in [9.17, 15) is 19.2 Å². The number of methoxy groups -OCH3 is 4. The highest BCUT2D eigenvalue weighted by atomic mass is 32.1. The maximum atomic E-state index is 13.6. The van der Waals surface area contributed by atoms with E-state index >= 15 is 0 Å². The molecule has 2 atom stereocenters. The van der Waals surface area contributed by atoms with E-state index in [1.54, 1.807) is 26.2 Å². The smallest absolute Gasteiger partial charge is 0.357 e. The zero-order valence-corrected chi connectivity index (χ0v) is 27.4. The highest BCUT2D eigenvalue weighted by Gasteiger charge is 2.30. The number of esters is 1. The predicted octanol–water partition coefficient (Wildman–Crippen LogP) is 4.67. The zero-order valence-electron chi connectivity index (χ0n) is 26.6. The lowest BCUT2D eigenvalue weighted by molar-refractivity contribution is -0.119. The summed E-state index contributed by atoms with van der Waals surface area (Å²) in [7, 11) is 5.87. The van der Waals surface area contributed by atoms with Crippen molar-refractivity contribution in [3.63, 3.8) is 0 Å². The second-order valence-electron chi connectivity index (χ2n) is 10.8. The van der Waals surface area contributed by atoms with Crippen molar-refractivity contribution in [2.45, 2.75) is 58.5 Å². The lowest BCUT2D eigenvalue weighted by Crippen LogP contribution is -2.33. The minimum absolute atomic E-state index is 0.00787. The normalized spacial score (nSPS) is 14.3. The molecule has 1 aliphatic carbocycles. The van der Waals surface area contributed by atoms with E-state index in [0.29, 0.717) is 46.1 Å². The number of fused-ring (bicyclic) bond motifs is 3. The van der Waals surface area contributed by atoms with E-state index in [-0.39, 0.29) is 33.8 Å². The van der Waals surface area contributed by atoms with Crippen LogP contribution in [-0.4, -0.2) is 57.2 Å². The first-order chi connectivity index (χ1) is 21.4. The zero-order chi connectivity index (χ0) is 33.0. The van der Waals surface area contributed by atoms with Crippen LogP contribution in [0.1, 0.15) is 72.6 Å². The van der Waals surface area contributed by atoms with Crippen molar-refractivity contribution in [1.29, 1.82) is 0 Å². The number of benzene rings is 1. The van der Waals surface area contributed by atoms with Gasteiger partial charge in [0.1, 0.15) is 6.04 Å². The van der Waals surface area contributed by atoms with Crippen LogP contribution in [0.15, 0.2) is 29.1 Å². The van der Waals surface area contributed by atoms with Crippen LogP contribution in [0.4, 0.5) is 10.8 Å². The molecule has 0 fully saturated rings. The van der Waals surface area contributed by atoms with Crippen molar-refractivity contribution in [1.82, 2.24) is 10.3 Å². The van der Waals surface area contributed by atoms with Gasteiger partial charge in [-0.1, -0.05) is 19.9 Å². The van der Waals surface area contributed by atoms with E-state index in [2.05, 4.69) is 20.9 Å². The maximum absolute atomic E-state index is 13.6. The number of ether oxygens (including phenoxy) is 4. The van der Waals surface area contributed by atoms with Crippen LogP contribution in [0.2, 0.25) is 0 Å². The fourth-order valence-corrected chi connectivity index (χ4v) is 6.32. The molecule has 0 radical (unpaired) electrons. The Morgan fingerprint density at radius 1 is 1.00 bits per heavy atom. The van der Waals surface area contributed by atoms with Crippen LogP contribution in [0.3, 0.4) is 0 Å². The summed E-state index contributed by atoms with van der Waals surface area (Å²) in [6.07, 6.45) is 1.09. The Morgan fingerprint density at radius 2 is 1.71 bits per heavy atom. The standard InChI is InChI=1S/C32H38N4O8S/c1-15(2)29-26(31(40)44-8)35-32(45-29)36-30(39)16(3)33-22-12-10-19-20(14-23(22)38)21(34-17(4)37)11-9-18-13-24(41-5)27(42-6)28(43-7)25(18)19/h10,12-16,21H,9,11H2,1-8H3,(H,33,38)(H,34,37)(H,35,36,39)/t16-,21-/m1/s1. The number of aromatic nitrogens is 1. The SMILES string of the molecule is COC(=O)c1nc(NC(=O)[C@@H](C)Nc2ccc3c(cc2=O)[C@H](NC(C)=O)CCc2cc(OC)c(OC)c(OC)c2-3)sc1C(C)C. The average molecular weight is 639 g/mol. The summed E-state index contributed by atoms with van der Waals surface area (Å²) in [4.78, 5) is 56.2. The Balaban J connectivity index is 1.75. The lowest BCUT2D eigenvalue weighted by atomic mass is 9.95. The predicted molar refractivity (Wildman–Crippen MR) is 172 cm³/mol. The van der Waals surface area contributed by atoms with Gasteiger partial charge in [0.2, 0.25) is 23.0 Å². The van der Waals surface area contributed by atoms with E-state index in [1.807, 2.05) is 19.9 Å². The number of amides is 2. The van der Waals surface area contributed by atoms with Crippen molar-refractivity contribution in [2.75, 3.05) is 39.1 Å². The summed E-state index contributed by atoms with van der Waals surface area (Å²) in [5.74, 6) is 0.0562. The van der Waals surface area contributed by atoms with Crippen molar-refractivity contribution in [3.8, 4) is 28.4 Å². The fourth-order valence-electron chi connectivity index (χ4n) is 5.36. The molecule has 1 aromatic heterocycles. The minimum atomic E-state index is -0.856. The Morgan fingerprint density at radius 3 is 2.31 bits per heavy atom. The van der Waals surface area contributed by atoms with Crippen LogP contribution < -0.4 is 35.6 Å². The quantitative estimate of drug-likeness (QED) is 0.267. The summed E-state index contributed by atoms with van der Waals surface area (Å²) in [6, 6.07) is 5.41. The van der Waals surface area contributed by atoms with Gasteiger partial charge in [-0.2, -0.15) is 0 Å². The number of rotatable bonds is 10. The van der Waals surface area contributed by atoms with Gasteiger partial charge in [0.25, 0.3) is 0 Å². The first-order valence-corrected chi connectivity index (χ1v) is 15.2. The number of carbonyl (C=O) groups is 3. The van der Waals surface area contributed by atoms with E-state index in [4.69, 9.17) is 18.9 Å². The molecule has 2 aromatic carbocycles. The molecule has 2 amide bonds. The molecule has 4 rings (SSSR count). The van der Waals surface area contributed by atoms with Gasteiger partial charge in [0, 0.05) is 17.4 Å². The molecule has 3 N–H and O–H groups in total. The molecule has 0 spiro atoms. The van der Waals surface area contributed by atoms with E-state index in [0.717, 1.165) is 11.1 Å². The molecular weight excluding hydrogens is 600 g/mol. The fraction of sp³-hybridized carbons (Fsp3) is 0.406. The van der Waals surface area contributed by atoms with Crippen molar-refractivity contribution in [2.24, 2.45) is 0 Å². The summed E-state index contributed by atoms with van der Waals surface area (Å²) < 4.78 is 21.9. The molecule has 0 saturated heterocycles. The highest BCUT2D eigenvalue weighted by molar-refractivity contribution is 7.16. The molecule has 45 heavy (non-hydrogen) atoms. The second kappa shape index (κ2) is 14.0. The maximum Gasteiger partial charge on any atom is 0.357 e. The van der Waals surface area contributed by atoms with Gasteiger partial charge in [-0.25, -0.2) is 9.78 Å². The third kappa shape index (κ3) is 6.88. The van der Waals surface area contributed by atoms with Gasteiger partial charge in [-0.15, -0.1) is 11.3 Å². The van der Waals surface area contributed by atoms with Gasteiger partial charge >= 0.3 is 5.97 Å². The van der Waals surface area contributed by atoms with Crippen LogP contribution in [0.25, 0.3) is 11.1 Å². The second-order valence-corrected chi connectivity index (χ2v) is 11.9. The van der Waals surface area contributed by atoms with Crippen molar-refractivity contribution in [3.05, 3.63) is 56.2 Å². The van der Waals surface area contributed by atoms with Crippen molar-refractivity contribution < 1.29 is 33.3 Å². The monoisotopic (exact) mass is 638 g/mol.